The van der Waals surface area contributed by atoms with Gasteiger partial charge in [0.1, 0.15) is 5.75 Å². The standard InChI is InChI=1S/C21H17ClN4O3/c1-28-16-10-8-14(9-11-16)19-24-21(23-13-15-5-2-3-6-17(15)22)26(25-19)20(27)18-7-4-12-29-18/h2-12H,13H2,1H3,(H,23,24,25). The van der Waals surface area contributed by atoms with E-state index in [0.29, 0.717) is 17.4 Å². The zero-order chi connectivity index (χ0) is 20.2. The smallest absolute Gasteiger partial charge is 0.317 e. The lowest BCUT2D eigenvalue weighted by atomic mass is 10.2. The average molecular weight is 409 g/mol. The van der Waals surface area contributed by atoms with Crippen LogP contribution in [0.4, 0.5) is 5.95 Å². The molecule has 1 N–H and O–H groups in total. The van der Waals surface area contributed by atoms with Gasteiger partial charge in [0, 0.05) is 17.1 Å². The van der Waals surface area contributed by atoms with Gasteiger partial charge in [-0.2, -0.15) is 9.67 Å². The summed E-state index contributed by atoms with van der Waals surface area (Å²) < 4.78 is 11.6. The molecule has 0 spiro atoms. The monoisotopic (exact) mass is 408 g/mol. The van der Waals surface area contributed by atoms with E-state index >= 15 is 0 Å². The molecule has 0 aliphatic carbocycles. The molecule has 0 saturated heterocycles. The zero-order valence-electron chi connectivity index (χ0n) is 15.5. The number of benzene rings is 2. The van der Waals surface area contributed by atoms with Gasteiger partial charge in [0.05, 0.1) is 13.4 Å². The molecule has 0 fully saturated rings. The molecule has 4 rings (SSSR count). The van der Waals surface area contributed by atoms with Gasteiger partial charge in [0.15, 0.2) is 11.6 Å². The van der Waals surface area contributed by atoms with Gasteiger partial charge in [-0.1, -0.05) is 29.8 Å². The number of ether oxygens (including phenoxy) is 1. The number of methoxy groups -OCH3 is 1. The van der Waals surface area contributed by atoms with Crippen LogP contribution in [0.15, 0.2) is 71.3 Å². The van der Waals surface area contributed by atoms with Crippen molar-refractivity contribution in [1.82, 2.24) is 14.8 Å². The molecule has 2 heterocycles. The number of furan rings is 1. The predicted molar refractivity (Wildman–Crippen MR) is 109 cm³/mol. The first-order valence-corrected chi connectivity index (χ1v) is 9.20. The number of halogens is 1. The van der Waals surface area contributed by atoms with Crippen LogP contribution in [0.25, 0.3) is 11.4 Å². The Morgan fingerprint density at radius 3 is 2.62 bits per heavy atom. The highest BCUT2D eigenvalue weighted by Gasteiger charge is 2.20. The maximum atomic E-state index is 12.8. The van der Waals surface area contributed by atoms with Gasteiger partial charge < -0.3 is 14.5 Å². The highest BCUT2D eigenvalue weighted by atomic mass is 35.5. The van der Waals surface area contributed by atoms with Crippen LogP contribution in [0, 0.1) is 0 Å². The summed E-state index contributed by atoms with van der Waals surface area (Å²) in [6.45, 7) is 0.381. The SMILES string of the molecule is COc1ccc(-c2nc(NCc3ccccc3Cl)n(C(=O)c3ccco3)n2)cc1. The number of anilines is 1. The van der Waals surface area contributed by atoms with E-state index in [1.165, 1.54) is 10.9 Å². The van der Waals surface area contributed by atoms with Crippen LogP contribution >= 0.6 is 11.6 Å². The Morgan fingerprint density at radius 2 is 1.93 bits per heavy atom. The van der Waals surface area contributed by atoms with E-state index in [9.17, 15) is 4.79 Å². The number of nitrogens with one attached hydrogen (secondary N) is 1. The lowest BCUT2D eigenvalue weighted by molar-refractivity contribution is 0.0919. The normalized spacial score (nSPS) is 10.7. The second-order valence-electron chi connectivity index (χ2n) is 6.13. The third kappa shape index (κ3) is 4.00. The fourth-order valence-corrected chi connectivity index (χ4v) is 2.95. The van der Waals surface area contributed by atoms with Crippen LogP contribution in [-0.2, 0) is 6.54 Å². The van der Waals surface area contributed by atoms with Gasteiger partial charge in [-0.25, -0.2) is 0 Å². The molecule has 0 radical (unpaired) electrons. The second kappa shape index (κ2) is 8.20. The van der Waals surface area contributed by atoms with Crippen molar-refractivity contribution in [3.63, 3.8) is 0 Å². The molecule has 4 aromatic rings. The summed E-state index contributed by atoms with van der Waals surface area (Å²) in [6, 6.07) is 17.9. The summed E-state index contributed by atoms with van der Waals surface area (Å²) in [4.78, 5) is 17.3. The first-order chi connectivity index (χ1) is 14.2. The maximum absolute atomic E-state index is 12.8. The molecule has 2 aromatic heterocycles. The van der Waals surface area contributed by atoms with E-state index in [1.54, 1.807) is 37.4 Å². The number of hydrogen-bond donors (Lipinski definition) is 1. The topological polar surface area (TPSA) is 82.2 Å². The Hall–Kier alpha value is -3.58. The van der Waals surface area contributed by atoms with Crippen molar-refractivity contribution in [2.24, 2.45) is 0 Å². The van der Waals surface area contributed by atoms with Crippen LogP contribution < -0.4 is 10.1 Å². The average Bonchev–Trinajstić information content (AvgIpc) is 3.43. The lowest BCUT2D eigenvalue weighted by Crippen LogP contribution is -2.17. The first-order valence-electron chi connectivity index (χ1n) is 8.82. The Labute approximate surface area is 171 Å². The summed E-state index contributed by atoms with van der Waals surface area (Å²) in [5.74, 6) is 1.14. The molecule has 0 atom stereocenters. The third-order valence-electron chi connectivity index (χ3n) is 4.27. The third-order valence-corrected chi connectivity index (χ3v) is 4.64. The number of carbonyl (C=O) groups is 1. The van der Waals surface area contributed by atoms with Crippen molar-refractivity contribution >= 4 is 23.5 Å². The van der Waals surface area contributed by atoms with Crippen molar-refractivity contribution in [3.8, 4) is 17.1 Å². The van der Waals surface area contributed by atoms with E-state index in [1.807, 2.05) is 30.3 Å². The summed E-state index contributed by atoms with van der Waals surface area (Å²) in [5.41, 5.74) is 1.62. The number of carbonyl (C=O) groups excluding carboxylic acids is 1. The molecule has 2 aromatic carbocycles. The van der Waals surface area contributed by atoms with Gasteiger partial charge in [0.25, 0.3) is 0 Å². The van der Waals surface area contributed by atoms with Crippen molar-refractivity contribution in [1.29, 1.82) is 0 Å². The summed E-state index contributed by atoms with van der Waals surface area (Å²) in [5, 5.41) is 8.15. The molecular formula is C21H17ClN4O3. The molecule has 8 heteroatoms. The van der Waals surface area contributed by atoms with E-state index in [2.05, 4.69) is 15.4 Å². The highest BCUT2D eigenvalue weighted by Crippen LogP contribution is 2.23. The number of rotatable bonds is 6. The first kappa shape index (κ1) is 18.8. The minimum atomic E-state index is -0.427. The molecule has 0 bridgehead atoms. The van der Waals surface area contributed by atoms with Gasteiger partial charge in [-0.3, -0.25) is 4.79 Å². The van der Waals surface area contributed by atoms with Crippen molar-refractivity contribution in [3.05, 3.63) is 83.3 Å². The Bertz CT molecular complexity index is 1120. The van der Waals surface area contributed by atoms with Gasteiger partial charge >= 0.3 is 5.91 Å². The number of hydrogen-bond acceptors (Lipinski definition) is 6. The zero-order valence-corrected chi connectivity index (χ0v) is 16.3. The van der Waals surface area contributed by atoms with Gasteiger partial charge in [-0.05, 0) is 48.0 Å². The van der Waals surface area contributed by atoms with E-state index < -0.39 is 5.91 Å². The van der Waals surface area contributed by atoms with Crippen LogP contribution in [-0.4, -0.2) is 27.8 Å². The second-order valence-corrected chi connectivity index (χ2v) is 6.53. The molecule has 0 amide bonds. The van der Waals surface area contributed by atoms with E-state index in [4.69, 9.17) is 20.8 Å². The molecule has 29 heavy (non-hydrogen) atoms. The van der Waals surface area contributed by atoms with Crippen molar-refractivity contribution in [2.45, 2.75) is 6.54 Å². The molecule has 0 aliphatic rings. The van der Waals surface area contributed by atoms with Crippen LogP contribution in [0.1, 0.15) is 16.1 Å². The minimum absolute atomic E-state index is 0.164. The summed E-state index contributed by atoms with van der Waals surface area (Å²) in [6.07, 6.45) is 1.44. The molecule has 0 unspecified atom stereocenters. The number of nitrogens with zero attached hydrogens (tertiary/aromatic N) is 3. The van der Waals surface area contributed by atoms with Crippen LogP contribution in [0.2, 0.25) is 5.02 Å². The summed E-state index contributed by atoms with van der Waals surface area (Å²) >= 11 is 6.23. The molecule has 146 valence electrons. The summed E-state index contributed by atoms with van der Waals surface area (Å²) in [7, 11) is 1.60. The van der Waals surface area contributed by atoms with Crippen LogP contribution in [0.3, 0.4) is 0 Å². The Balaban J connectivity index is 1.68. The van der Waals surface area contributed by atoms with Gasteiger partial charge in [0.2, 0.25) is 5.95 Å². The Kier molecular flexibility index (Phi) is 5.31. The fourth-order valence-electron chi connectivity index (χ4n) is 2.75. The molecular weight excluding hydrogens is 392 g/mol. The maximum Gasteiger partial charge on any atom is 0.317 e. The molecule has 7 nitrogen and oxygen atoms in total. The quantitative estimate of drug-likeness (QED) is 0.505. The van der Waals surface area contributed by atoms with Crippen LogP contribution in [0.5, 0.6) is 5.75 Å². The minimum Gasteiger partial charge on any atom is -0.497 e. The largest absolute Gasteiger partial charge is 0.497 e. The highest BCUT2D eigenvalue weighted by molar-refractivity contribution is 6.31. The Morgan fingerprint density at radius 1 is 1.14 bits per heavy atom. The lowest BCUT2D eigenvalue weighted by Gasteiger charge is -2.07. The van der Waals surface area contributed by atoms with E-state index in [-0.39, 0.29) is 11.7 Å². The van der Waals surface area contributed by atoms with Crippen molar-refractivity contribution < 1.29 is 13.9 Å². The van der Waals surface area contributed by atoms with E-state index in [0.717, 1.165) is 16.9 Å². The molecule has 0 aliphatic heterocycles. The fraction of sp³-hybridized carbons (Fsp3) is 0.0952. The number of aromatic nitrogens is 3. The predicted octanol–water partition coefficient (Wildman–Crippen LogP) is 4.50. The molecule has 0 saturated carbocycles. The van der Waals surface area contributed by atoms with Gasteiger partial charge in [-0.15, -0.1) is 5.10 Å². The van der Waals surface area contributed by atoms with Crippen molar-refractivity contribution in [2.75, 3.05) is 12.4 Å².